The van der Waals surface area contributed by atoms with E-state index in [1.54, 1.807) is 12.4 Å². The topological polar surface area (TPSA) is 70.6 Å². The first-order valence-electron chi connectivity index (χ1n) is 7.97. The Kier molecular flexibility index (Phi) is 7.68. The molecule has 0 amide bonds. The first-order chi connectivity index (χ1) is 10.8. The summed E-state index contributed by atoms with van der Waals surface area (Å²) in [6.45, 7) is 4.42. The fraction of sp³-hybridized carbons (Fsp3) is 0.667. The van der Waals surface area contributed by atoms with Gasteiger partial charge >= 0.3 is 0 Å². The Labute approximate surface area is 159 Å². The zero-order valence-electron chi connectivity index (χ0n) is 13.3. The summed E-state index contributed by atoms with van der Waals surface area (Å²) in [6, 6.07) is 1.84. The van der Waals surface area contributed by atoms with Crippen LogP contribution in [0, 0.1) is 5.92 Å². The molecule has 2 aliphatic heterocycles. The molecule has 23 heavy (non-hydrogen) atoms. The summed E-state index contributed by atoms with van der Waals surface area (Å²) < 4.78 is 0. The fourth-order valence-electron chi connectivity index (χ4n) is 2.86. The number of thioether (sulfide) groups is 1. The van der Waals surface area contributed by atoms with Gasteiger partial charge < -0.3 is 15.5 Å². The molecule has 1 atom stereocenters. The van der Waals surface area contributed by atoms with Crippen LogP contribution in [0.3, 0.4) is 0 Å². The lowest BCUT2D eigenvalue weighted by molar-refractivity contribution is 0.376. The summed E-state index contributed by atoms with van der Waals surface area (Å²) in [5.41, 5.74) is 6.17. The van der Waals surface area contributed by atoms with Crippen LogP contribution in [0.4, 0.5) is 5.95 Å². The third-order valence-corrected chi connectivity index (χ3v) is 5.49. The van der Waals surface area contributed by atoms with Gasteiger partial charge in [0.2, 0.25) is 5.95 Å². The molecule has 3 heterocycles. The molecule has 8 heteroatoms. The first kappa shape index (κ1) is 18.6. The lowest BCUT2D eigenvalue weighted by Crippen LogP contribution is -2.51. The van der Waals surface area contributed by atoms with Gasteiger partial charge in [-0.2, -0.15) is 11.8 Å². The SMILES string of the molecule is I.NC(=NCC1CCCSC1)N1CCN(c2ncccn2)CC1. The molecule has 2 N–H and O–H groups in total. The number of guanidine groups is 1. The second-order valence-electron chi connectivity index (χ2n) is 5.80. The number of nitrogens with two attached hydrogens (primary N) is 1. The maximum absolute atomic E-state index is 6.17. The molecule has 2 aliphatic rings. The minimum Gasteiger partial charge on any atom is -0.370 e. The van der Waals surface area contributed by atoms with Crippen molar-refractivity contribution in [2.75, 3.05) is 49.1 Å². The minimum atomic E-state index is 0. The molecule has 1 aromatic rings. The Morgan fingerprint density at radius 2 is 2.00 bits per heavy atom. The molecule has 1 unspecified atom stereocenters. The zero-order chi connectivity index (χ0) is 15.2. The largest absolute Gasteiger partial charge is 0.370 e. The first-order valence-corrected chi connectivity index (χ1v) is 9.13. The monoisotopic (exact) mass is 448 g/mol. The number of anilines is 1. The van der Waals surface area contributed by atoms with Crippen molar-refractivity contribution in [3.05, 3.63) is 18.5 Å². The Bertz CT molecular complexity index is 486. The quantitative estimate of drug-likeness (QED) is 0.431. The third kappa shape index (κ3) is 5.37. The summed E-state index contributed by atoms with van der Waals surface area (Å²) in [5.74, 6) is 4.74. The Morgan fingerprint density at radius 1 is 1.26 bits per heavy atom. The van der Waals surface area contributed by atoms with Crippen molar-refractivity contribution in [1.29, 1.82) is 0 Å². The minimum absolute atomic E-state index is 0. The number of hydrogen-bond acceptors (Lipinski definition) is 5. The Balaban J connectivity index is 0.00000192. The number of nitrogens with zero attached hydrogens (tertiary/aromatic N) is 5. The van der Waals surface area contributed by atoms with Gasteiger partial charge in [0.25, 0.3) is 0 Å². The van der Waals surface area contributed by atoms with Crippen LogP contribution in [-0.4, -0.2) is 65.1 Å². The van der Waals surface area contributed by atoms with E-state index >= 15 is 0 Å². The van der Waals surface area contributed by atoms with Crippen LogP contribution in [-0.2, 0) is 0 Å². The van der Waals surface area contributed by atoms with E-state index in [4.69, 9.17) is 5.73 Å². The number of hydrogen-bond donors (Lipinski definition) is 1. The maximum atomic E-state index is 6.17. The molecular weight excluding hydrogens is 423 g/mol. The van der Waals surface area contributed by atoms with Crippen LogP contribution in [0.25, 0.3) is 0 Å². The van der Waals surface area contributed by atoms with Gasteiger partial charge in [-0.05, 0) is 36.3 Å². The fourth-order valence-corrected chi connectivity index (χ4v) is 4.01. The molecule has 0 aliphatic carbocycles. The van der Waals surface area contributed by atoms with E-state index in [1.807, 2.05) is 17.8 Å². The smallest absolute Gasteiger partial charge is 0.225 e. The van der Waals surface area contributed by atoms with Crippen molar-refractivity contribution < 1.29 is 0 Å². The van der Waals surface area contributed by atoms with Gasteiger partial charge in [0.1, 0.15) is 0 Å². The van der Waals surface area contributed by atoms with Crippen LogP contribution in [0.1, 0.15) is 12.8 Å². The van der Waals surface area contributed by atoms with Gasteiger partial charge in [-0.15, -0.1) is 24.0 Å². The number of aliphatic imine (C=N–C) groups is 1. The summed E-state index contributed by atoms with van der Waals surface area (Å²) in [6.07, 6.45) is 6.18. The molecule has 0 spiro atoms. The van der Waals surface area contributed by atoms with E-state index in [9.17, 15) is 0 Å². The van der Waals surface area contributed by atoms with Crippen LogP contribution in [0.15, 0.2) is 23.5 Å². The normalized spacial score (nSPS) is 22.6. The van der Waals surface area contributed by atoms with Crippen molar-refractivity contribution >= 4 is 47.6 Å². The van der Waals surface area contributed by atoms with E-state index in [1.165, 1.54) is 24.3 Å². The van der Waals surface area contributed by atoms with Crippen LogP contribution >= 0.6 is 35.7 Å². The standard InChI is InChI=1S/C15H24N6S.HI/c16-14(19-11-13-3-1-10-22-12-13)20-6-8-21(9-7-20)15-17-4-2-5-18-15;/h2,4-5,13H,1,3,6-12H2,(H2,16,19);1H. The second kappa shape index (κ2) is 9.51. The van der Waals surface area contributed by atoms with Gasteiger partial charge in [-0.25, -0.2) is 9.97 Å². The number of halogens is 1. The Morgan fingerprint density at radius 3 is 2.65 bits per heavy atom. The highest BCUT2D eigenvalue weighted by Gasteiger charge is 2.20. The van der Waals surface area contributed by atoms with E-state index in [0.29, 0.717) is 11.9 Å². The zero-order valence-corrected chi connectivity index (χ0v) is 16.5. The molecule has 3 rings (SSSR count). The molecule has 2 fully saturated rings. The molecule has 2 saturated heterocycles. The Hall–Kier alpha value is -0.770. The van der Waals surface area contributed by atoms with Crippen LogP contribution < -0.4 is 10.6 Å². The molecule has 0 radical (unpaired) electrons. The lowest BCUT2D eigenvalue weighted by Gasteiger charge is -2.35. The average molecular weight is 448 g/mol. The van der Waals surface area contributed by atoms with Crippen molar-refractivity contribution in [3.8, 4) is 0 Å². The van der Waals surface area contributed by atoms with Gasteiger partial charge in [0, 0.05) is 45.1 Å². The number of rotatable bonds is 3. The van der Waals surface area contributed by atoms with Crippen molar-refractivity contribution in [2.24, 2.45) is 16.6 Å². The summed E-state index contributed by atoms with van der Waals surface area (Å²) in [5, 5.41) is 0. The average Bonchev–Trinajstić information content (AvgIpc) is 2.61. The molecule has 6 nitrogen and oxygen atoms in total. The maximum Gasteiger partial charge on any atom is 0.225 e. The van der Waals surface area contributed by atoms with Gasteiger partial charge in [0.05, 0.1) is 0 Å². The molecule has 0 aromatic carbocycles. The lowest BCUT2D eigenvalue weighted by atomic mass is 10.1. The second-order valence-corrected chi connectivity index (χ2v) is 6.95. The predicted molar refractivity (Wildman–Crippen MR) is 108 cm³/mol. The number of aromatic nitrogens is 2. The van der Waals surface area contributed by atoms with Gasteiger partial charge in [-0.3, -0.25) is 4.99 Å². The summed E-state index contributed by atoms with van der Waals surface area (Å²) in [7, 11) is 0. The molecule has 0 saturated carbocycles. The van der Waals surface area contributed by atoms with Gasteiger partial charge in [-0.1, -0.05) is 0 Å². The van der Waals surface area contributed by atoms with Crippen molar-refractivity contribution in [3.63, 3.8) is 0 Å². The van der Waals surface area contributed by atoms with Crippen molar-refractivity contribution in [1.82, 2.24) is 14.9 Å². The molecule has 0 bridgehead atoms. The molecule has 1 aromatic heterocycles. The van der Waals surface area contributed by atoms with E-state index in [-0.39, 0.29) is 24.0 Å². The molecular formula is C15H25IN6S. The van der Waals surface area contributed by atoms with Crippen molar-refractivity contribution in [2.45, 2.75) is 12.8 Å². The van der Waals surface area contributed by atoms with E-state index < -0.39 is 0 Å². The summed E-state index contributed by atoms with van der Waals surface area (Å²) >= 11 is 2.04. The highest BCUT2D eigenvalue weighted by atomic mass is 127. The highest BCUT2D eigenvalue weighted by Crippen LogP contribution is 2.22. The van der Waals surface area contributed by atoms with Crippen LogP contribution in [0.2, 0.25) is 0 Å². The highest BCUT2D eigenvalue weighted by molar-refractivity contribution is 14.0. The summed E-state index contributed by atoms with van der Waals surface area (Å²) in [4.78, 5) is 17.6. The van der Waals surface area contributed by atoms with Crippen LogP contribution in [0.5, 0.6) is 0 Å². The number of piperazine rings is 1. The van der Waals surface area contributed by atoms with E-state index in [2.05, 4.69) is 24.8 Å². The predicted octanol–water partition coefficient (Wildman–Crippen LogP) is 1.67. The third-order valence-electron chi connectivity index (χ3n) is 4.20. The van der Waals surface area contributed by atoms with Gasteiger partial charge in [0.15, 0.2) is 5.96 Å². The van der Waals surface area contributed by atoms with E-state index in [0.717, 1.165) is 38.7 Å². The molecule has 128 valence electrons.